The van der Waals surface area contributed by atoms with E-state index >= 15 is 0 Å². The number of hydrogen-bond donors (Lipinski definition) is 1. The highest BCUT2D eigenvalue weighted by Crippen LogP contribution is 2.26. The van der Waals surface area contributed by atoms with Gasteiger partial charge in [0.15, 0.2) is 0 Å². The number of carbonyl (C=O) groups excluding carboxylic acids is 1. The van der Waals surface area contributed by atoms with Gasteiger partial charge in [0, 0.05) is 35.6 Å². The number of nitrogens with zero attached hydrogens (tertiary/aromatic N) is 5. The summed E-state index contributed by atoms with van der Waals surface area (Å²) in [7, 11) is 0. The van der Waals surface area contributed by atoms with Crippen LogP contribution in [0.1, 0.15) is 11.5 Å². The molecule has 1 aliphatic rings. The molecule has 2 atom stereocenters. The smallest absolute Gasteiger partial charge is 0.246 e. The lowest BCUT2D eigenvalue weighted by Crippen LogP contribution is -2.34. The highest BCUT2D eigenvalue weighted by Gasteiger charge is 2.34. The maximum absolute atomic E-state index is 12.7. The fraction of sp³-hybridized carbons (Fsp3) is 0.263. The summed E-state index contributed by atoms with van der Waals surface area (Å²) in [5.41, 5.74) is 8.22. The number of likely N-dealkylation sites (tertiary alicyclic amines) is 1. The molecule has 1 amide bonds. The summed E-state index contributed by atoms with van der Waals surface area (Å²) in [6.07, 6.45) is 0. The Labute approximate surface area is 161 Å². The zero-order valence-electron chi connectivity index (χ0n) is 14.6. The van der Waals surface area contributed by atoms with E-state index in [0.717, 1.165) is 11.1 Å². The molecule has 0 radical (unpaired) electrons. The van der Waals surface area contributed by atoms with Gasteiger partial charge in [-0.05, 0) is 35.0 Å². The number of carbonyl (C=O) groups is 1. The minimum absolute atomic E-state index is 0.0365. The average molecular weight is 383 g/mol. The van der Waals surface area contributed by atoms with Gasteiger partial charge in [0.05, 0.1) is 0 Å². The molecular weight excluding hydrogens is 364 g/mol. The standard InChI is InChI=1S/C19H19ClN6O/c20-15-8-6-14(7-9-15)19-22-24-26(23-19)12-18(27)25-10-16(17(21)11-25)13-4-2-1-3-5-13/h1-9,16-17H,10-12,21H2/t16-,17+/m0/s1. The van der Waals surface area contributed by atoms with Gasteiger partial charge in [-0.1, -0.05) is 41.9 Å². The van der Waals surface area contributed by atoms with Crippen molar-refractivity contribution in [2.24, 2.45) is 5.73 Å². The number of tetrazole rings is 1. The van der Waals surface area contributed by atoms with Crippen LogP contribution in [-0.2, 0) is 11.3 Å². The summed E-state index contributed by atoms with van der Waals surface area (Å²) in [6, 6.07) is 17.1. The second-order valence-corrected chi connectivity index (χ2v) is 7.07. The summed E-state index contributed by atoms with van der Waals surface area (Å²) in [5.74, 6) is 0.534. The van der Waals surface area contributed by atoms with Crippen molar-refractivity contribution in [3.05, 3.63) is 65.2 Å². The fourth-order valence-electron chi connectivity index (χ4n) is 3.33. The van der Waals surface area contributed by atoms with Crippen LogP contribution in [0.4, 0.5) is 0 Å². The van der Waals surface area contributed by atoms with Crippen LogP contribution in [0.2, 0.25) is 5.02 Å². The van der Waals surface area contributed by atoms with Crippen LogP contribution >= 0.6 is 11.6 Å². The second kappa shape index (κ2) is 7.46. The van der Waals surface area contributed by atoms with Crippen LogP contribution in [-0.4, -0.2) is 50.1 Å². The molecular formula is C19H19ClN6O. The normalized spacial score (nSPS) is 19.4. The van der Waals surface area contributed by atoms with Gasteiger partial charge in [-0.2, -0.15) is 4.80 Å². The van der Waals surface area contributed by atoms with Gasteiger partial charge in [-0.3, -0.25) is 4.79 Å². The minimum Gasteiger partial charge on any atom is -0.339 e. The lowest BCUT2D eigenvalue weighted by Gasteiger charge is -2.16. The summed E-state index contributed by atoms with van der Waals surface area (Å²) in [6.45, 7) is 1.16. The van der Waals surface area contributed by atoms with Gasteiger partial charge in [-0.15, -0.1) is 10.2 Å². The predicted molar refractivity (Wildman–Crippen MR) is 102 cm³/mol. The average Bonchev–Trinajstić information content (AvgIpc) is 3.30. The van der Waals surface area contributed by atoms with Crippen LogP contribution in [0.5, 0.6) is 0 Å². The number of rotatable bonds is 4. The van der Waals surface area contributed by atoms with Gasteiger partial charge in [0.1, 0.15) is 6.54 Å². The molecule has 2 N–H and O–H groups in total. The molecule has 0 saturated carbocycles. The Balaban J connectivity index is 1.42. The molecule has 3 aromatic rings. The van der Waals surface area contributed by atoms with Gasteiger partial charge in [-0.25, -0.2) is 0 Å². The van der Waals surface area contributed by atoms with Crippen LogP contribution in [0.25, 0.3) is 11.4 Å². The first-order valence-electron chi connectivity index (χ1n) is 8.72. The van der Waals surface area contributed by atoms with E-state index in [0.29, 0.717) is 23.9 Å². The Bertz CT molecular complexity index is 927. The molecule has 4 rings (SSSR count). The van der Waals surface area contributed by atoms with Crippen molar-refractivity contribution in [1.82, 2.24) is 25.1 Å². The SMILES string of the molecule is N[C@@H]1CN(C(=O)Cn2nnc(-c3ccc(Cl)cc3)n2)C[C@H]1c1ccccc1. The Morgan fingerprint density at radius 3 is 2.59 bits per heavy atom. The highest BCUT2D eigenvalue weighted by atomic mass is 35.5. The van der Waals surface area contributed by atoms with E-state index < -0.39 is 0 Å². The summed E-state index contributed by atoms with van der Waals surface area (Å²) < 4.78 is 0. The summed E-state index contributed by atoms with van der Waals surface area (Å²) in [5, 5.41) is 12.9. The number of benzene rings is 2. The Hall–Kier alpha value is -2.77. The molecule has 1 saturated heterocycles. The Morgan fingerprint density at radius 1 is 1.11 bits per heavy atom. The molecule has 0 bridgehead atoms. The number of aromatic nitrogens is 4. The molecule has 8 heteroatoms. The van der Waals surface area contributed by atoms with E-state index in [1.54, 1.807) is 17.0 Å². The molecule has 2 aromatic carbocycles. The van der Waals surface area contributed by atoms with Gasteiger partial charge < -0.3 is 10.6 Å². The van der Waals surface area contributed by atoms with Crippen LogP contribution in [0.3, 0.4) is 0 Å². The Morgan fingerprint density at radius 2 is 1.85 bits per heavy atom. The van der Waals surface area contributed by atoms with Crippen molar-refractivity contribution in [1.29, 1.82) is 0 Å². The maximum Gasteiger partial charge on any atom is 0.246 e. The first-order valence-corrected chi connectivity index (χ1v) is 9.10. The third-order valence-corrected chi connectivity index (χ3v) is 5.03. The quantitative estimate of drug-likeness (QED) is 0.744. The molecule has 0 unspecified atom stereocenters. The zero-order chi connectivity index (χ0) is 18.8. The number of nitrogens with two attached hydrogens (primary N) is 1. The lowest BCUT2D eigenvalue weighted by atomic mass is 9.95. The number of amides is 1. The van der Waals surface area contributed by atoms with Crippen molar-refractivity contribution < 1.29 is 4.79 Å². The van der Waals surface area contributed by atoms with Crippen molar-refractivity contribution in [2.45, 2.75) is 18.5 Å². The largest absolute Gasteiger partial charge is 0.339 e. The van der Waals surface area contributed by atoms with Crippen LogP contribution in [0.15, 0.2) is 54.6 Å². The molecule has 27 heavy (non-hydrogen) atoms. The fourth-order valence-corrected chi connectivity index (χ4v) is 3.46. The first-order chi connectivity index (χ1) is 13.1. The monoisotopic (exact) mass is 382 g/mol. The summed E-state index contributed by atoms with van der Waals surface area (Å²) >= 11 is 5.89. The van der Waals surface area contributed by atoms with E-state index in [-0.39, 0.29) is 24.4 Å². The van der Waals surface area contributed by atoms with E-state index in [9.17, 15) is 4.79 Å². The molecule has 0 spiro atoms. The molecule has 1 aliphatic heterocycles. The van der Waals surface area contributed by atoms with Crippen molar-refractivity contribution in [2.75, 3.05) is 13.1 Å². The molecule has 0 aliphatic carbocycles. The van der Waals surface area contributed by atoms with E-state index in [1.165, 1.54) is 4.80 Å². The first kappa shape index (κ1) is 17.6. The molecule has 1 fully saturated rings. The molecule has 7 nitrogen and oxygen atoms in total. The highest BCUT2D eigenvalue weighted by molar-refractivity contribution is 6.30. The molecule has 1 aromatic heterocycles. The van der Waals surface area contributed by atoms with Crippen molar-refractivity contribution >= 4 is 17.5 Å². The third kappa shape index (κ3) is 3.84. The van der Waals surface area contributed by atoms with E-state index in [1.807, 2.05) is 30.3 Å². The number of halogens is 1. The van der Waals surface area contributed by atoms with Crippen LogP contribution in [0, 0.1) is 0 Å². The molecule has 2 heterocycles. The second-order valence-electron chi connectivity index (χ2n) is 6.63. The Kier molecular flexibility index (Phi) is 4.87. The van der Waals surface area contributed by atoms with Gasteiger partial charge in [0.25, 0.3) is 0 Å². The van der Waals surface area contributed by atoms with E-state index in [4.69, 9.17) is 17.3 Å². The topological polar surface area (TPSA) is 89.9 Å². The van der Waals surface area contributed by atoms with Crippen molar-refractivity contribution in [3.63, 3.8) is 0 Å². The van der Waals surface area contributed by atoms with Gasteiger partial charge in [0.2, 0.25) is 11.7 Å². The maximum atomic E-state index is 12.7. The third-order valence-electron chi connectivity index (χ3n) is 4.78. The van der Waals surface area contributed by atoms with Gasteiger partial charge >= 0.3 is 0 Å². The predicted octanol–water partition coefficient (Wildman–Crippen LogP) is 1.95. The lowest BCUT2D eigenvalue weighted by molar-refractivity contribution is -0.131. The zero-order valence-corrected chi connectivity index (χ0v) is 15.3. The molecule has 138 valence electrons. The van der Waals surface area contributed by atoms with Crippen LogP contribution < -0.4 is 5.73 Å². The van der Waals surface area contributed by atoms with Crippen molar-refractivity contribution in [3.8, 4) is 11.4 Å². The number of hydrogen-bond acceptors (Lipinski definition) is 5. The summed E-state index contributed by atoms with van der Waals surface area (Å²) in [4.78, 5) is 15.7. The van der Waals surface area contributed by atoms with E-state index in [2.05, 4.69) is 27.5 Å². The minimum atomic E-state index is -0.0790.